The smallest absolute Gasteiger partial charge is 0.376 e. The summed E-state index contributed by atoms with van der Waals surface area (Å²) in [5, 5.41) is 0. The molecule has 0 fully saturated rings. The lowest BCUT2D eigenvalue weighted by Crippen LogP contribution is -2.28. The number of alkyl halides is 6. The van der Waals surface area contributed by atoms with Crippen molar-refractivity contribution in [3.63, 3.8) is 0 Å². The van der Waals surface area contributed by atoms with Crippen LogP contribution in [-0.4, -0.2) is 36.3 Å². The summed E-state index contributed by atoms with van der Waals surface area (Å²) in [6, 6.07) is 5.38. The zero-order valence-corrected chi connectivity index (χ0v) is 16.8. The van der Waals surface area contributed by atoms with Crippen LogP contribution in [0.5, 0.6) is 11.5 Å². The maximum absolute atomic E-state index is 12.5. The molecule has 2 rings (SSSR count). The van der Waals surface area contributed by atoms with Crippen LogP contribution in [0.2, 0.25) is 0 Å². The first-order valence-corrected chi connectivity index (χ1v) is 11.6. The van der Waals surface area contributed by atoms with Crippen LogP contribution < -0.4 is 8.37 Å². The van der Waals surface area contributed by atoms with Gasteiger partial charge < -0.3 is 8.37 Å². The van der Waals surface area contributed by atoms with Gasteiger partial charge in [0.15, 0.2) is 0 Å². The molecule has 0 atom stereocenters. The maximum atomic E-state index is 12.5. The predicted octanol–water partition coefficient (Wildman–Crippen LogP) is 2.98. The first-order valence-electron chi connectivity index (χ1n) is 7.33. The SMILES string of the molecule is O=S(=O)(c1ccc(OS(=O)(=O)C(F)(F)F)cc1)c1ccc(OS(=O)(=O)C(F)(F)F)cc1. The van der Waals surface area contributed by atoms with E-state index in [-0.39, 0.29) is 0 Å². The van der Waals surface area contributed by atoms with Gasteiger partial charge in [-0.25, -0.2) is 8.42 Å². The van der Waals surface area contributed by atoms with Crippen molar-refractivity contribution < 1.29 is 60.0 Å². The molecule has 0 aromatic heterocycles. The van der Waals surface area contributed by atoms with E-state index in [1.54, 1.807) is 0 Å². The van der Waals surface area contributed by atoms with Gasteiger partial charge in [0.25, 0.3) is 0 Å². The third-order valence-electron chi connectivity index (χ3n) is 3.25. The van der Waals surface area contributed by atoms with Crippen LogP contribution in [0.15, 0.2) is 58.3 Å². The van der Waals surface area contributed by atoms with Gasteiger partial charge in [-0.3, -0.25) is 0 Å². The van der Waals surface area contributed by atoms with Crippen LogP contribution in [0.3, 0.4) is 0 Å². The molecule has 0 aliphatic heterocycles. The van der Waals surface area contributed by atoms with E-state index in [9.17, 15) is 51.6 Å². The van der Waals surface area contributed by atoms with Crippen molar-refractivity contribution >= 4 is 30.1 Å². The second kappa shape index (κ2) is 7.86. The minimum absolute atomic E-state index is 0.541. The largest absolute Gasteiger partial charge is 0.534 e. The standard InChI is InChI=1S/C14H8F6O8S3/c15-13(16,17)30(23,24)27-9-1-5-11(6-2-9)29(21,22)12-7-3-10(4-8-12)28-31(25,26)14(18,19)20/h1-8H. The molecule has 0 amide bonds. The van der Waals surface area contributed by atoms with Crippen LogP contribution in [0.25, 0.3) is 0 Å². The van der Waals surface area contributed by atoms with Crippen molar-refractivity contribution in [3.8, 4) is 11.5 Å². The zero-order valence-electron chi connectivity index (χ0n) is 14.4. The second-order valence-electron chi connectivity index (χ2n) is 5.41. The second-order valence-corrected chi connectivity index (χ2v) is 10.4. The van der Waals surface area contributed by atoms with Crippen LogP contribution in [0.4, 0.5) is 26.3 Å². The summed E-state index contributed by atoms with van der Waals surface area (Å²) in [6.07, 6.45) is 0. The number of benzene rings is 2. The Kier molecular flexibility index (Phi) is 6.28. The fraction of sp³-hybridized carbons (Fsp3) is 0.143. The van der Waals surface area contributed by atoms with Gasteiger partial charge in [0.2, 0.25) is 9.84 Å². The fourth-order valence-corrected chi connectivity index (χ4v) is 4.01. The molecule has 0 unspecified atom stereocenters. The maximum Gasteiger partial charge on any atom is 0.534 e. The number of hydrogen-bond donors (Lipinski definition) is 0. The van der Waals surface area contributed by atoms with Gasteiger partial charge >= 0.3 is 31.3 Å². The van der Waals surface area contributed by atoms with Crippen LogP contribution in [0.1, 0.15) is 0 Å². The third kappa shape index (κ3) is 5.40. The topological polar surface area (TPSA) is 121 Å². The van der Waals surface area contributed by atoms with E-state index >= 15 is 0 Å². The lowest BCUT2D eigenvalue weighted by molar-refractivity contribution is -0.0504. The van der Waals surface area contributed by atoms with Gasteiger partial charge in [0.1, 0.15) is 11.5 Å². The molecule has 0 radical (unpaired) electrons. The molecule has 2 aromatic rings. The molecule has 0 aliphatic rings. The zero-order chi connectivity index (χ0) is 23.9. The third-order valence-corrected chi connectivity index (χ3v) is 6.99. The number of halogens is 6. The van der Waals surface area contributed by atoms with Gasteiger partial charge in [0.05, 0.1) is 9.79 Å². The highest BCUT2D eigenvalue weighted by atomic mass is 32.2. The van der Waals surface area contributed by atoms with E-state index in [4.69, 9.17) is 0 Å². The summed E-state index contributed by atoms with van der Waals surface area (Å²) in [6.45, 7) is 0. The van der Waals surface area contributed by atoms with Crippen molar-refractivity contribution in [2.75, 3.05) is 0 Å². The Labute approximate surface area is 171 Å². The average Bonchev–Trinajstić information content (AvgIpc) is 2.60. The van der Waals surface area contributed by atoms with Crippen LogP contribution in [-0.2, 0) is 30.1 Å². The van der Waals surface area contributed by atoms with Crippen molar-refractivity contribution in [1.29, 1.82) is 0 Å². The Morgan fingerprint density at radius 3 is 1.00 bits per heavy atom. The van der Waals surface area contributed by atoms with E-state index in [2.05, 4.69) is 8.37 Å². The lowest BCUT2D eigenvalue weighted by atomic mass is 10.3. The van der Waals surface area contributed by atoms with Gasteiger partial charge in [-0.15, -0.1) is 0 Å². The molecule has 0 aliphatic carbocycles. The molecule has 31 heavy (non-hydrogen) atoms. The van der Waals surface area contributed by atoms with E-state index in [0.717, 1.165) is 24.3 Å². The van der Waals surface area contributed by atoms with E-state index in [1.807, 2.05) is 0 Å². The summed E-state index contributed by atoms with van der Waals surface area (Å²) in [5.74, 6) is -1.67. The molecule has 0 bridgehead atoms. The van der Waals surface area contributed by atoms with Crippen LogP contribution >= 0.6 is 0 Å². The molecular weight excluding hydrogens is 506 g/mol. The Morgan fingerprint density at radius 1 is 0.516 bits per heavy atom. The number of hydrogen-bond acceptors (Lipinski definition) is 8. The summed E-state index contributed by atoms with van der Waals surface area (Å²) >= 11 is 0. The van der Waals surface area contributed by atoms with Gasteiger partial charge in [-0.1, -0.05) is 0 Å². The van der Waals surface area contributed by atoms with Crippen molar-refractivity contribution in [2.45, 2.75) is 20.8 Å². The normalized spacial score (nSPS) is 13.6. The predicted molar refractivity (Wildman–Crippen MR) is 89.5 cm³/mol. The molecule has 0 saturated carbocycles. The minimum Gasteiger partial charge on any atom is -0.376 e. The highest BCUT2D eigenvalue weighted by Crippen LogP contribution is 2.30. The highest BCUT2D eigenvalue weighted by Gasteiger charge is 2.49. The number of sulfone groups is 1. The van der Waals surface area contributed by atoms with Crippen molar-refractivity contribution in [1.82, 2.24) is 0 Å². The first kappa shape index (κ1) is 24.7. The molecular formula is C14H8F6O8S3. The number of rotatable bonds is 6. The monoisotopic (exact) mass is 514 g/mol. The fourth-order valence-electron chi connectivity index (χ4n) is 1.83. The highest BCUT2D eigenvalue weighted by molar-refractivity contribution is 7.91. The van der Waals surface area contributed by atoms with E-state index in [0.29, 0.717) is 24.3 Å². The summed E-state index contributed by atoms with van der Waals surface area (Å²) in [5.41, 5.74) is -11.4. The molecule has 0 saturated heterocycles. The lowest BCUT2D eigenvalue weighted by Gasteiger charge is -2.11. The molecule has 17 heteroatoms. The Morgan fingerprint density at radius 2 is 0.774 bits per heavy atom. The van der Waals surface area contributed by atoms with Gasteiger partial charge in [-0.05, 0) is 48.5 Å². The summed E-state index contributed by atoms with van der Waals surface area (Å²) < 4.78 is 150. The molecule has 8 nitrogen and oxygen atoms in total. The van der Waals surface area contributed by atoms with Crippen molar-refractivity contribution in [2.24, 2.45) is 0 Å². The molecule has 0 N–H and O–H groups in total. The van der Waals surface area contributed by atoms with E-state index < -0.39 is 62.4 Å². The minimum atomic E-state index is -5.97. The summed E-state index contributed by atoms with van der Waals surface area (Å²) in [7, 11) is -16.3. The molecule has 172 valence electrons. The Bertz CT molecular complexity index is 1170. The Hall–Kier alpha value is -2.53. The quantitative estimate of drug-likeness (QED) is 0.328. The molecule has 0 spiro atoms. The van der Waals surface area contributed by atoms with E-state index in [1.165, 1.54) is 0 Å². The van der Waals surface area contributed by atoms with Gasteiger partial charge in [0, 0.05) is 0 Å². The molecule has 2 aromatic carbocycles. The van der Waals surface area contributed by atoms with Crippen molar-refractivity contribution in [3.05, 3.63) is 48.5 Å². The summed E-state index contributed by atoms with van der Waals surface area (Å²) in [4.78, 5) is -1.08. The van der Waals surface area contributed by atoms with Crippen LogP contribution in [0, 0.1) is 0 Å². The molecule has 0 heterocycles. The Balaban J connectivity index is 2.26. The van der Waals surface area contributed by atoms with Gasteiger partial charge in [-0.2, -0.15) is 43.2 Å². The average molecular weight is 514 g/mol. The first-order chi connectivity index (χ1) is 13.9.